The van der Waals surface area contributed by atoms with Crippen molar-refractivity contribution >= 4 is 11.0 Å². The molecule has 0 unspecified atom stereocenters. The number of benzene rings is 1. The summed E-state index contributed by atoms with van der Waals surface area (Å²) < 4.78 is 5.12. The molecule has 2 heteroatoms. The lowest BCUT2D eigenvalue weighted by atomic mass is 10.3. The minimum atomic E-state index is 0.956. The van der Waals surface area contributed by atoms with Gasteiger partial charge in [0.1, 0.15) is 5.58 Å². The summed E-state index contributed by atoms with van der Waals surface area (Å²) in [6, 6.07) is 11.6. The summed E-state index contributed by atoms with van der Waals surface area (Å²) in [6.07, 6.45) is 1.70. The summed E-state index contributed by atoms with van der Waals surface area (Å²) in [5, 5.41) is 8.48. The predicted octanol–water partition coefficient (Wildman–Crippen LogP) is 2.96. The van der Waals surface area contributed by atoms with Crippen molar-refractivity contribution in [3.05, 3.63) is 36.6 Å². The molecule has 0 spiro atoms. The van der Waals surface area contributed by atoms with E-state index in [1.54, 1.807) is 12.3 Å². The highest BCUT2D eigenvalue weighted by Gasteiger charge is 1.89. The van der Waals surface area contributed by atoms with Crippen molar-refractivity contribution in [2.45, 2.75) is 6.92 Å². The van der Waals surface area contributed by atoms with Crippen LogP contribution in [0.1, 0.15) is 6.92 Å². The fourth-order valence-corrected chi connectivity index (χ4v) is 0.906. The molecule has 0 amide bonds. The molecule has 0 radical (unpaired) electrons. The summed E-state index contributed by atoms with van der Waals surface area (Å²) in [7, 11) is 0. The maximum atomic E-state index is 7.32. The van der Waals surface area contributed by atoms with Crippen molar-refractivity contribution in [3.8, 4) is 6.07 Å². The minimum absolute atomic E-state index is 0.956. The molecule has 0 fully saturated rings. The summed E-state index contributed by atoms with van der Waals surface area (Å²) in [6.45, 7) is 1.43. The summed E-state index contributed by atoms with van der Waals surface area (Å²) >= 11 is 0. The molecule has 0 N–H and O–H groups in total. The van der Waals surface area contributed by atoms with Crippen LogP contribution < -0.4 is 0 Å². The van der Waals surface area contributed by atoms with Gasteiger partial charge >= 0.3 is 0 Å². The highest BCUT2D eigenvalue weighted by atomic mass is 16.3. The molecule has 12 heavy (non-hydrogen) atoms. The van der Waals surface area contributed by atoms with E-state index in [2.05, 4.69) is 0 Å². The molecule has 1 aromatic heterocycles. The van der Waals surface area contributed by atoms with Gasteiger partial charge in [0.2, 0.25) is 0 Å². The topological polar surface area (TPSA) is 36.9 Å². The van der Waals surface area contributed by atoms with Crippen LogP contribution in [-0.2, 0) is 0 Å². The molecule has 1 heterocycles. The third-order valence-electron chi connectivity index (χ3n) is 1.36. The Labute approximate surface area is 71.0 Å². The van der Waals surface area contributed by atoms with Gasteiger partial charge in [-0.25, -0.2) is 0 Å². The lowest BCUT2D eigenvalue weighted by molar-refractivity contribution is 0.616. The smallest absolute Gasteiger partial charge is 0.133 e. The van der Waals surface area contributed by atoms with Gasteiger partial charge in [0.05, 0.1) is 12.3 Å². The van der Waals surface area contributed by atoms with E-state index in [-0.39, 0.29) is 0 Å². The Kier molecular flexibility index (Phi) is 2.92. The van der Waals surface area contributed by atoms with Crippen molar-refractivity contribution in [2.24, 2.45) is 0 Å². The Bertz CT molecular complexity index is 354. The molecule has 0 bridgehead atoms. The van der Waals surface area contributed by atoms with Crippen LogP contribution in [0.4, 0.5) is 0 Å². The van der Waals surface area contributed by atoms with E-state index >= 15 is 0 Å². The zero-order valence-corrected chi connectivity index (χ0v) is 6.82. The average molecular weight is 159 g/mol. The third kappa shape index (κ3) is 1.86. The van der Waals surface area contributed by atoms with E-state index in [9.17, 15) is 0 Å². The van der Waals surface area contributed by atoms with Crippen molar-refractivity contribution in [1.29, 1.82) is 5.26 Å². The summed E-state index contributed by atoms with van der Waals surface area (Å²) in [5.41, 5.74) is 0.956. The third-order valence-corrected chi connectivity index (χ3v) is 1.36. The highest BCUT2D eigenvalue weighted by molar-refractivity contribution is 5.76. The lowest BCUT2D eigenvalue weighted by Gasteiger charge is -1.81. The molecule has 0 saturated carbocycles. The highest BCUT2D eigenvalue weighted by Crippen LogP contribution is 2.12. The van der Waals surface area contributed by atoms with Crippen molar-refractivity contribution < 1.29 is 4.42 Å². The normalized spacial score (nSPS) is 8.33. The Morgan fingerprint density at radius 1 is 1.25 bits per heavy atom. The molecule has 2 nitrogen and oxygen atoms in total. The first-order valence-corrected chi connectivity index (χ1v) is 3.61. The second kappa shape index (κ2) is 4.20. The summed E-state index contributed by atoms with van der Waals surface area (Å²) in [5.74, 6) is 0. The van der Waals surface area contributed by atoms with Crippen molar-refractivity contribution in [1.82, 2.24) is 0 Å². The Balaban J connectivity index is 0.000000213. The SMILES string of the molecule is CC#N.c1ccc2occc2c1. The Morgan fingerprint density at radius 2 is 1.92 bits per heavy atom. The molecule has 0 saturated heterocycles. The van der Waals surface area contributed by atoms with Gasteiger partial charge in [0.25, 0.3) is 0 Å². The number of nitriles is 1. The van der Waals surface area contributed by atoms with Crippen LogP contribution in [0.2, 0.25) is 0 Å². The molecular weight excluding hydrogens is 150 g/mol. The first-order valence-electron chi connectivity index (χ1n) is 3.61. The van der Waals surface area contributed by atoms with E-state index in [0.29, 0.717) is 0 Å². The number of furan rings is 1. The van der Waals surface area contributed by atoms with E-state index in [0.717, 1.165) is 11.0 Å². The van der Waals surface area contributed by atoms with Crippen LogP contribution in [0.5, 0.6) is 0 Å². The van der Waals surface area contributed by atoms with Crippen LogP contribution in [0.15, 0.2) is 41.0 Å². The second-order valence-electron chi connectivity index (χ2n) is 2.18. The zero-order chi connectivity index (χ0) is 8.81. The quantitative estimate of drug-likeness (QED) is 0.592. The second-order valence-corrected chi connectivity index (χ2v) is 2.18. The van der Waals surface area contributed by atoms with Crippen molar-refractivity contribution in [2.75, 3.05) is 0 Å². The van der Waals surface area contributed by atoms with Crippen LogP contribution in [-0.4, -0.2) is 0 Å². The van der Waals surface area contributed by atoms with Gasteiger partial charge in [0, 0.05) is 12.3 Å². The maximum Gasteiger partial charge on any atom is 0.133 e. The fourth-order valence-electron chi connectivity index (χ4n) is 0.906. The number of para-hydroxylation sites is 1. The van der Waals surface area contributed by atoms with E-state index in [4.69, 9.17) is 9.68 Å². The molecule has 0 aliphatic carbocycles. The molecule has 2 aromatic rings. The number of nitrogens with zero attached hydrogens (tertiary/aromatic N) is 1. The molecule has 1 aromatic carbocycles. The van der Waals surface area contributed by atoms with Gasteiger partial charge in [-0.05, 0) is 12.1 Å². The molecular formula is C10H9NO. The monoisotopic (exact) mass is 159 g/mol. The number of hydrogen-bond donors (Lipinski definition) is 0. The maximum absolute atomic E-state index is 7.32. The van der Waals surface area contributed by atoms with Crippen LogP contribution >= 0.6 is 0 Å². The lowest BCUT2D eigenvalue weighted by Crippen LogP contribution is -1.57. The molecule has 0 atom stereocenters. The van der Waals surface area contributed by atoms with Gasteiger partial charge in [-0.3, -0.25) is 0 Å². The van der Waals surface area contributed by atoms with Gasteiger partial charge < -0.3 is 4.42 Å². The number of rotatable bonds is 0. The molecule has 60 valence electrons. The molecule has 2 rings (SSSR count). The minimum Gasteiger partial charge on any atom is -0.464 e. The van der Waals surface area contributed by atoms with Gasteiger partial charge in [-0.15, -0.1) is 0 Å². The van der Waals surface area contributed by atoms with Crippen LogP contribution in [0.3, 0.4) is 0 Å². The molecule has 0 aliphatic rings. The van der Waals surface area contributed by atoms with Gasteiger partial charge in [-0.2, -0.15) is 5.26 Å². The summed E-state index contributed by atoms with van der Waals surface area (Å²) in [4.78, 5) is 0. The largest absolute Gasteiger partial charge is 0.464 e. The molecule has 0 aliphatic heterocycles. The van der Waals surface area contributed by atoms with Gasteiger partial charge in [-0.1, -0.05) is 18.2 Å². The van der Waals surface area contributed by atoms with E-state index < -0.39 is 0 Å². The fraction of sp³-hybridized carbons (Fsp3) is 0.100. The first-order chi connectivity index (χ1) is 5.88. The number of fused-ring (bicyclic) bond motifs is 1. The van der Waals surface area contributed by atoms with E-state index in [1.807, 2.05) is 30.3 Å². The Morgan fingerprint density at radius 3 is 2.58 bits per heavy atom. The van der Waals surface area contributed by atoms with Crippen LogP contribution in [0.25, 0.3) is 11.0 Å². The van der Waals surface area contributed by atoms with Gasteiger partial charge in [0.15, 0.2) is 0 Å². The van der Waals surface area contributed by atoms with E-state index in [1.165, 1.54) is 6.92 Å². The zero-order valence-electron chi connectivity index (χ0n) is 6.82. The Hall–Kier alpha value is -1.75. The standard InChI is InChI=1S/C8H6O.C2H3N/c1-2-4-8-7(3-1)5-6-9-8;1-2-3/h1-6H;1H3. The predicted molar refractivity (Wildman–Crippen MR) is 47.5 cm³/mol. The number of hydrogen-bond acceptors (Lipinski definition) is 2. The van der Waals surface area contributed by atoms with Crippen LogP contribution in [0, 0.1) is 11.3 Å². The first kappa shape index (κ1) is 8.35. The average Bonchev–Trinajstić information content (AvgIpc) is 2.52. The van der Waals surface area contributed by atoms with Crippen molar-refractivity contribution in [3.63, 3.8) is 0 Å².